The zero-order valence-electron chi connectivity index (χ0n) is 12.1. The molecule has 0 spiro atoms. The van der Waals surface area contributed by atoms with E-state index in [1.54, 1.807) is 6.08 Å². The summed E-state index contributed by atoms with van der Waals surface area (Å²) < 4.78 is 4.62. The molecule has 1 aromatic rings. The second-order valence-electron chi connectivity index (χ2n) is 5.17. The lowest BCUT2D eigenvalue weighted by Crippen LogP contribution is -2.36. The van der Waals surface area contributed by atoms with E-state index in [4.69, 9.17) is 0 Å². The Morgan fingerprint density at radius 1 is 1.35 bits per heavy atom. The highest BCUT2D eigenvalue weighted by atomic mass is 16.5. The fourth-order valence-electron chi connectivity index (χ4n) is 2.37. The van der Waals surface area contributed by atoms with Gasteiger partial charge in [-0.3, -0.25) is 0 Å². The Morgan fingerprint density at radius 3 is 2.75 bits per heavy atom. The van der Waals surface area contributed by atoms with Crippen LogP contribution in [0.15, 0.2) is 30.3 Å². The largest absolute Gasteiger partial charge is 0.466 e. The molecule has 1 aliphatic heterocycles. The standard InChI is InChI=1S/C16H22N2O2/c1-18-11-9-14(10-12-18)17-15-6-4-3-5-13(15)7-8-16(19)20-2/h3-8,14,17H,9-12H2,1-2H3. The van der Waals surface area contributed by atoms with Crippen molar-refractivity contribution in [2.24, 2.45) is 0 Å². The molecule has 20 heavy (non-hydrogen) atoms. The van der Waals surface area contributed by atoms with Crippen molar-refractivity contribution in [3.05, 3.63) is 35.9 Å². The van der Waals surface area contributed by atoms with Crippen LogP contribution in [0.25, 0.3) is 6.08 Å². The van der Waals surface area contributed by atoms with Crippen molar-refractivity contribution in [3.63, 3.8) is 0 Å². The van der Waals surface area contributed by atoms with Crippen LogP contribution in [0, 0.1) is 0 Å². The first-order valence-electron chi connectivity index (χ1n) is 6.99. The van der Waals surface area contributed by atoms with Crippen molar-refractivity contribution in [1.82, 2.24) is 4.90 Å². The van der Waals surface area contributed by atoms with E-state index in [0.29, 0.717) is 6.04 Å². The summed E-state index contributed by atoms with van der Waals surface area (Å²) in [5, 5.41) is 3.58. The van der Waals surface area contributed by atoms with Gasteiger partial charge < -0.3 is 15.0 Å². The summed E-state index contributed by atoms with van der Waals surface area (Å²) in [6.45, 7) is 2.25. The first-order valence-corrected chi connectivity index (χ1v) is 6.99. The molecule has 1 aliphatic rings. The molecular weight excluding hydrogens is 252 g/mol. The monoisotopic (exact) mass is 274 g/mol. The van der Waals surface area contributed by atoms with Gasteiger partial charge in [0.05, 0.1) is 7.11 Å². The smallest absolute Gasteiger partial charge is 0.330 e. The number of hydrogen-bond acceptors (Lipinski definition) is 4. The molecule has 108 valence electrons. The number of nitrogens with one attached hydrogen (secondary N) is 1. The summed E-state index contributed by atoms with van der Waals surface area (Å²) >= 11 is 0. The zero-order valence-corrected chi connectivity index (χ0v) is 12.1. The second-order valence-corrected chi connectivity index (χ2v) is 5.17. The maximum Gasteiger partial charge on any atom is 0.330 e. The molecule has 4 heteroatoms. The van der Waals surface area contributed by atoms with Crippen molar-refractivity contribution in [1.29, 1.82) is 0 Å². The van der Waals surface area contributed by atoms with Gasteiger partial charge in [-0.25, -0.2) is 4.79 Å². The molecule has 2 rings (SSSR count). The van der Waals surface area contributed by atoms with Gasteiger partial charge in [-0.1, -0.05) is 18.2 Å². The van der Waals surface area contributed by atoms with Crippen LogP contribution in [0.4, 0.5) is 5.69 Å². The fourth-order valence-corrected chi connectivity index (χ4v) is 2.37. The maximum atomic E-state index is 11.2. The highest BCUT2D eigenvalue weighted by Gasteiger charge is 2.16. The first kappa shape index (κ1) is 14.6. The number of likely N-dealkylation sites (tertiary alicyclic amines) is 1. The fraction of sp³-hybridized carbons (Fsp3) is 0.438. The number of anilines is 1. The molecule has 0 aliphatic carbocycles. The topological polar surface area (TPSA) is 41.6 Å². The van der Waals surface area contributed by atoms with Crippen molar-refractivity contribution in [2.45, 2.75) is 18.9 Å². The Balaban J connectivity index is 2.04. The molecule has 1 fully saturated rings. The van der Waals surface area contributed by atoms with E-state index in [-0.39, 0.29) is 5.97 Å². The normalized spacial score (nSPS) is 17.3. The number of carbonyl (C=O) groups is 1. The Bertz CT molecular complexity index is 477. The summed E-state index contributed by atoms with van der Waals surface area (Å²) in [5.41, 5.74) is 2.08. The Labute approximate surface area is 120 Å². The first-order chi connectivity index (χ1) is 9.69. The van der Waals surface area contributed by atoms with Crippen molar-refractivity contribution in [3.8, 4) is 0 Å². The molecule has 4 nitrogen and oxygen atoms in total. The molecule has 0 saturated carbocycles. The molecule has 0 aromatic heterocycles. The SMILES string of the molecule is COC(=O)C=Cc1ccccc1NC1CCN(C)CC1. The number of esters is 1. The molecule has 1 aromatic carbocycles. The molecule has 1 heterocycles. The van der Waals surface area contributed by atoms with E-state index in [9.17, 15) is 4.79 Å². The number of para-hydroxylation sites is 1. The minimum Gasteiger partial charge on any atom is -0.466 e. The molecule has 0 bridgehead atoms. The third-order valence-electron chi connectivity index (χ3n) is 3.64. The predicted octanol–water partition coefficient (Wildman–Crippen LogP) is 2.38. The van der Waals surface area contributed by atoms with Crippen LogP contribution >= 0.6 is 0 Å². The maximum absolute atomic E-state index is 11.2. The van der Waals surface area contributed by atoms with Gasteiger partial charge in [0.2, 0.25) is 0 Å². The van der Waals surface area contributed by atoms with Crippen molar-refractivity contribution >= 4 is 17.7 Å². The molecule has 1 saturated heterocycles. The second kappa shape index (κ2) is 7.10. The molecular formula is C16H22N2O2. The van der Waals surface area contributed by atoms with Crippen LogP contribution in [-0.4, -0.2) is 44.2 Å². The van der Waals surface area contributed by atoms with Gasteiger partial charge in [0.25, 0.3) is 0 Å². The molecule has 0 unspecified atom stereocenters. The number of rotatable bonds is 4. The Hall–Kier alpha value is -1.81. The molecule has 0 radical (unpaired) electrons. The van der Waals surface area contributed by atoms with Crippen molar-refractivity contribution in [2.75, 3.05) is 32.6 Å². The lowest BCUT2D eigenvalue weighted by Gasteiger charge is -2.30. The van der Waals surface area contributed by atoms with Gasteiger partial charge in [-0.2, -0.15) is 0 Å². The highest BCUT2D eigenvalue weighted by molar-refractivity contribution is 5.88. The average molecular weight is 274 g/mol. The molecule has 0 atom stereocenters. The highest BCUT2D eigenvalue weighted by Crippen LogP contribution is 2.21. The van der Waals surface area contributed by atoms with E-state index in [1.165, 1.54) is 13.2 Å². The minimum atomic E-state index is -0.334. The lowest BCUT2D eigenvalue weighted by molar-refractivity contribution is -0.134. The molecule has 0 amide bonds. The van der Waals surface area contributed by atoms with E-state index in [2.05, 4.69) is 28.1 Å². The summed E-state index contributed by atoms with van der Waals surface area (Å²) in [4.78, 5) is 13.5. The number of piperidine rings is 1. The van der Waals surface area contributed by atoms with Crippen LogP contribution in [0.1, 0.15) is 18.4 Å². The molecule has 1 N–H and O–H groups in total. The van der Waals surface area contributed by atoms with Gasteiger partial charge >= 0.3 is 5.97 Å². The van der Waals surface area contributed by atoms with Gasteiger partial charge in [-0.05, 0) is 50.7 Å². The van der Waals surface area contributed by atoms with Crippen LogP contribution in [0.5, 0.6) is 0 Å². The van der Waals surface area contributed by atoms with Gasteiger partial charge in [0.15, 0.2) is 0 Å². The van der Waals surface area contributed by atoms with E-state index in [1.807, 2.05) is 18.2 Å². The van der Waals surface area contributed by atoms with Crippen molar-refractivity contribution < 1.29 is 9.53 Å². The van der Waals surface area contributed by atoms with E-state index in [0.717, 1.165) is 37.2 Å². The number of ether oxygens (including phenoxy) is 1. The third kappa shape index (κ3) is 4.10. The summed E-state index contributed by atoms with van der Waals surface area (Å²) in [5.74, 6) is -0.334. The summed E-state index contributed by atoms with van der Waals surface area (Å²) in [6, 6.07) is 8.52. The van der Waals surface area contributed by atoms with Gasteiger partial charge in [-0.15, -0.1) is 0 Å². The third-order valence-corrected chi connectivity index (χ3v) is 3.64. The van der Waals surface area contributed by atoms with Crippen LogP contribution < -0.4 is 5.32 Å². The summed E-state index contributed by atoms with van der Waals surface area (Å²) in [7, 11) is 3.54. The number of nitrogens with zero attached hydrogens (tertiary/aromatic N) is 1. The van der Waals surface area contributed by atoms with Crippen LogP contribution in [0.2, 0.25) is 0 Å². The van der Waals surface area contributed by atoms with E-state index >= 15 is 0 Å². The Morgan fingerprint density at radius 2 is 2.05 bits per heavy atom. The van der Waals surface area contributed by atoms with Gasteiger partial charge in [0, 0.05) is 17.8 Å². The number of methoxy groups -OCH3 is 1. The number of hydrogen-bond donors (Lipinski definition) is 1. The predicted molar refractivity (Wildman–Crippen MR) is 81.6 cm³/mol. The average Bonchev–Trinajstić information content (AvgIpc) is 2.48. The minimum absolute atomic E-state index is 0.334. The van der Waals surface area contributed by atoms with Gasteiger partial charge in [0.1, 0.15) is 0 Å². The number of benzene rings is 1. The number of carbonyl (C=O) groups excluding carboxylic acids is 1. The van der Waals surface area contributed by atoms with E-state index < -0.39 is 0 Å². The lowest BCUT2D eigenvalue weighted by atomic mass is 10.0. The summed E-state index contributed by atoms with van der Waals surface area (Å²) in [6.07, 6.45) is 5.54. The zero-order chi connectivity index (χ0) is 14.4. The van der Waals surface area contributed by atoms with Crippen LogP contribution in [0.3, 0.4) is 0 Å². The Kier molecular flexibility index (Phi) is 5.18. The van der Waals surface area contributed by atoms with Crippen LogP contribution in [-0.2, 0) is 9.53 Å². The quantitative estimate of drug-likeness (QED) is 0.676.